The fourth-order valence-corrected chi connectivity index (χ4v) is 2.00. The molecule has 3 nitrogen and oxygen atoms in total. The van der Waals surface area contributed by atoms with Gasteiger partial charge in [0.25, 0.3) is 0 Å². The molecular weight excluding hydrogens is 162 g/mol. The molecule has 0 radical (unpaired) electrons. The Kier molecular flexibility index (Phi) is 4.06. The lowest BCUT2D eigenvalue weighted by atomic mass is 9.93. The summed E-state index contributed by atoms with van der Waals surface area (Å²) in [5.41, 5.74) is 5.74. The van der Waals surface area contributed by atoms with E-state index >= 15 is 0 Å². The van der Waals surface area contributed by atoms with Crippen LogP contribution in [0.3, 0.4) is 0 Å². The van der Waals surface area contributed by atoms with Gasteiger partial charge in [-0.25, -0.2) is 0 Å². The number of nitrogens with zero attached hydrogens (tertiary/aromatic N) is 2. The number of hydrogen-bond acceptors (Lipinski definition) is 1. The number of rotatable bonds is 2. The normalized spacial score (nSPS) is 20.8. The highest BCUT2D eigenvalue weighted by Gasteiger charge is 2.18. The van der Waals surface area contributed by atoms with Crippen LogP contribution >= 0.6 is 0 Å². The monoisotopic (exact) mass is 183 g/mol. The SMILES string of the molecule is CCCC1CCN(C(N)=NC)CC1. The summed E-state index contributed by atoms with van der Waals surface area (Å²) < 4.78 is 0. The van der Waals surface area contributed by atoms with Gasteiger partial charge in [-0.05, 0) is 18.8 Å². The van der Waals surface area contributed by atoms with Crippen LogP contribution in [0.4, 0.5) is 0 Å². The van der Waals surface area contributed by atoms with Crippen LogP contribution in [-0.4, -0.2) is 31.0 Å². The molecule has 0 aromatic rings. The lowest BCUT2D eigenvalue weighted by Gasteiger charge is -2.32. The molecule has 0 unspecified atom stereocenters. The van der Waals surface area contributed by atoms with Gasteiger partial charge in [0.15, 0.2) is 5.96 Å². The molecule has 0 aromatic heterocycles. The standard InChI is InChI=1S/C10H21N3/c1-3-4-9-5-7-13(8-6-9)10(11)12-2/h9H,3-8H2,1-2H3,(H2,11,12). The highest BCUT2D eigenvalue weighted by atomic mass is 15.2. The van der Waals surface area contributed by atoms with E-state index in [2.05, 4.69) is 16.8 Å². The summed E-state index contributed by atoms with van der Waals surface area (Å²) >= 11 is 0. The van der Waals surface area contributed by atoms with E-state index in [9.17, 15) is 0 Å². The van der Waals surface area contributed by atoms with Crippen LogP contribution in [0.5, 0.6) is 0 Å². The van der Waals surface area contributed by atoms with E-state index < -0.39 is 0 Å². The molecule has 0 saturated carbocycles. The molecule has 0 aliphatic carbocycles. The second-order valence-corrected chi connectivity index (χ2v) is 3.80. The molecule has 0 bridgehead atoms. The lowest BCUT2D eigenvalue weighted by molar-refractivity contribution is 0.253. The molecule has 1 saturated heterocycles. The van der Waals surface area contributed by atoms with Crippen molar-refractivity contribution in [3.63, 3.8) is 0 Å². The van der Waals surface area contributed by atoms with Crippen LogP contribution in [-0.2, 0) is 0 Å². The molecule has 13 heavy (non-hydrogen) atoms. The van der Waals surface area contributed by atoms with E-state index in [1.807, 2.05) is 0 Å². The Bertz CT molecular complexity index is 169. The third kappa shape index (κ3) is 2.90. The average molecular weight is 183 g/mol. The first kappa shape index (κ1) is 10.4. The first-order valence-corrected chi connectivity index (χ1v) is 5.25. The summed E-state index contributed by atoms with van der Waals surface area (Å²) in [5.74, 6) is 1.63. The number of aliphatic imine (C=N–C) groups is 1. The molecule has 0 atom stereocenters. The van der Waals surface area contributed by atoms with Gasteiger partial charge in [0.2, 0.25) is 0 Å². The molecule has 3 heteroatoms. The number of hydrogen-bond donors (Lipinski definition) is 1. The van der Waals surface area contributed by atoms with Crippen molar-refractivity contribution in [2.24, 2.45) is 16.6 Å². The molecule has 1 fully saturated rings. The Morgan fingerprint density at radius 1 is 1.46 bits per heavy atom. The largest absolute Gasteiger partial charge is 0.370 e. The van der Waals surface area contributed by atoms with Gasteiger partial charge in [-0.2, -0.15) is 0 Å². The van der Waals surface area contributed by atoms with Gasteiger partial charge in [0.05, 0.1) is 0 Å². The van der Waals surface area contributed by atoms with Crippen LogP contribution in [0.1, 0.15) is 32.6 Å². The van der Waals surface area contributed by atoms with Gasteiger partial charge in [-0.15, -0.1) is 0 Å². The van der Waals surface area contributed by atoms with Crippen molar-refractivity contribution < 1.29 is 0 Å². The number of nitrogens with two attached hydrogens (primary N) is 1. The van der Waals surface area contributed by atoms with Crippen molar-refractivity contribution in [1.29, 1.82) is 0 Å². The third-order valence-corrected chi connectivity index (χ3v) is 2.86. The minimum Gasteiger partial charge on any atom is -0.370 e. The summed E-state index contributed by atoms with van der Waals surface area (Å²) in [5, 5.41) is 0. The van der Waals surface area contributed by atoms with Crippen LogP contribution < -0.4 is 5.73 Å². The van der Waals surface area contributed by atoms with Gasteiger partial charge in [-0.1, -0.05) is 19.8 Å². The molecule has 0 amide bonds. The topological polar surface area (TPSA) is 41.6 Å². The second kappa shape index (κ2) is 5.10. The summed E-state index contributed by atoms with van der Waals surface area (Å²) in [4.78, 5) is 6.19. The first-order chi connectivity index (χ1) is 6.27. The number of guanidine groups is 1. The van der Waals surface area contributed by atoms with Crippen molar-refractivity contribution in [2.75, 3.05) is 20.1 Å². The Hall–Kier alpha value is -0.730. The minimum absolute atomic E-state index is 0.704. The quantitative estimate of drug-likeness (QED) is 0.520. The molecule has 1 aliphatic heterocycles. The van der Waals surface area contributed by atoms with E-state index in [1.165, 1.54) is 25.7 Å². The maximum atomic E-state index is 5.74. The Morgan fingerprint density at radius 3 is 2.54 bits per heavy atom. The van der Waals surface area contributed by atoms with Crippen molar-refractivity contribution in [3.8, 4) is 0 Å². The van der Waals surface area contributed by atoms with Crippen molar-refractivity contribution in [3.05, 3.63) is 0 Å². The highest BCUT2D eigenvalue weighted by Crippen LogP contribution is 2.21. The number of piperidine rings is 1. The molecule has 1 rings (SSSR count). The van der Waals surface area contributed by atoms with E-state index in [0.717, 1.165) is 19.0 Å². The molecule has 1 heterocycles. The molecule has 0 spiro atoms. The Labute approximate surface area is 81.0 Å². The van der Waals surface area contributed by atoms with Crippen molar-refractivity contribution in [1.82, 2.24) is 4.90 Å². The molecule has 2 N–H and O–H groups in total. The Balaban J connectivity index is 2.30. The fraction of sp³-hybridized carbons (Fsp3) is 0.900. The van der Waals surface area contributed by atoms with E-state index in [0.29, 0.717) is 5.96 Å². The van der Waals surface area contributed by atoms with Crippen LogP contribution in [0.25, 0.3) is 0 Å². The minimum atomic E-state index is 0.704. The summed E-state index contributed by atoms with van der Waals surface area (Å²) in [6.07, 6.45) is 5.24. The average Bonchev–Trinajstić information content (AvgIpc) is 2.18. The molecular formula is C10H21N3. The van der Waals surface area contributed by atoms with E-state index in [1.54, 1.807) is 7.05 Å². The lowest BCUT2D eigenvalue weighted by Crippen LogP contribution is -2.42. The van der Waals surface area contributed by atoms with Gasteiger partial charge < -0.3 is 10.6 Å². The summed E-state index contributed by atoms with van der Waals surface area (Å²) in [6, 6.07) is 0. The van der Waals surface area contributed by atoms with Crippen molar-refractivity contribution >= 4 is 5.96 Å². The maximum absolute atomic E-state index is 5.74. The van der Waals surface area contributed by atoms with Gasteiger partial charge in [0, 0.05) is 20.1 Å². The third-order valence-electron chi connectivity index (χ3n) is 2.86. The van der Waals surface area contributed by atoms with Crippen LogP contribution in [0.2, 0.25) is 0 Å². The highest BCUT2D eigenvalue weighted by molar-refractivity contribution is 5.77. The van der Waals surface area contributed by atoms with E-state index in [-0.39, 0.29) is 0 Å². The predicted molar refractivity (Wildman–Crippen MR) is 56.8 cm³/mol. The predicted octanol–water partition coefficient (Wildman–Crippen LogP) is 1.44. The fourth-order valence-electron chi connectivity index (χ4n) is 2.00. The van der Waals surface area contributed by atoms with Crippen LogP contribution in [0.15, 0.2) is 4.99 Å². The molecule has 0 aromatic carbocycles. The van der Waals surface area contributed by atoms with Crippen LogP contribution in [0, 0.1) is 5.92 Å². The van der Waals surface area contributed by atoms with Gasteiger partial charge >= 0.3 is 0 Å². The zero-order valence-corrected chi connectivity index (χ0v) is 8.79. The van der Waals surface area contributed by atoms with Crippen molar-refractivity contribution in [2.45, 2.75) is 32.6 Å². The number of likely N-dealkylation sites (tertiary alicyclic amines) is 1. The maximum Gasteiger partial charge on any atom is 0.190 e. The zero-order valence-electron chi connectivity index (χ0n) is 8.79. The first-order valence-electron chi connectivity index (χ1n) is 5.25. The van der Waals surface area contributed by atoms with E-state index in [4.69, 9.17) is 5.73 Å². The second-order valence-electron chi connectivity index (χ2n) is 3.80. The molecule has 1 aliphatic rings. The smallest absolute Gasteiger partial charge is 0.190 e. The molecule has 76 valence electrons. The summed E-state index contributed by atoms with van der Waals surface area (Å²) in [6.45, 7) is 4.44. The van der Waals surface area contributed by atoms with Gasteiger partial charge in [-0.3, -0.25) is 4.99 Å². The zero-order chi connectivity index (χ0) is 9.68. The Morgan fingerprint density at radius 2 is 2.08 bits per heavy atom. The van der Waals surface area contributed by atoms with Gasteiger partial charge in [0.1, 0.15) is 0 Å². The summed E-state index contributed by atoms with van der Waals surface area (Å²) in [7, 11) is 1.76.